The van der Waals surface area contributed by atoms with E-state index in [4.69, 9.17) is 5.73 Å². The number of aromatic nitrogens is 2. The molecular formula is C13H15N3S. The molecule has 0 aliphatic rings. The average Bonchev–Trinajstić information content (AvgIpc) is 2.32. The molecule has 0 atom stereocenters. The summed E-state index contributed by atoms with van der Waals surface area (Å²) in [5.74, 6) is 0.942. The van der Waals surface area contributed by atoms with Crippen LogP contribution in [0.5, 0.6) is 0 Å². The predicted octanol–water partition coefficient (Wildman–Crippen LogP) is 2.70. The summed E-state index contributed by atoms with van der Waals surface area (Å²) in [6, 6.07) is 9.87. The number of benzene rings is 1. The topological polar surface area (TPSA) is 51.8 Å². The molecule has 17 heavy (non-hydrogen) atoms. The maximum atomic E-state index is 5.88. The van der Waals surface area contributed by atoms with Gasteiger partial charge in [-0.3, -0.25) is 0 Å². The van der Waals surface area contributed by atoms with Gasteiger partial charge < -0.3 is 5.73 Å². The smallest absolute Gasteiger partial charge is 0.187 e. The first-order chi connectivity index (χ1) is 8.25. The van der Waals surface area contributed by atoms with Crippen LogP contribution in [0.15, 0.2) is 41.7 Å². The van der Waals surface area contributed by atoms with E-state index in [1.165, 1.54) is 5.56 Å². The second-order valence-electron chi connectivity index (χ2n) is 3.78. The van der Waals surface area contributed by atoms with Crippen LogP contribution in [-0.4, -0.2) is 15.7 Å². The highest BCUT2D eigenvalue weighted by Gasteiger charge is 2.01. The van der Waals surface area contributed by atoms with Crippen LogP contribution in [-0.2, 0) is 6.42 Å². The molecule has 1 heterocycles. The van der Waals surface area contributed by atoms with E-state index in [0.717, 1.165) is 28.7 Å². The molecule has 4 heteroatoms. The van der Waals surface area contributed by atoms with E-state index in [0.29, 0.717) is 0 Å². The van der Waals surface area contributed by atoms with Gasteiger partial charge >= 0.3 is 0 Å². The van der Waals surface area contributed by atoms with E-state index in [1.54, 1.807) is 18.0 Å². The molecule has 0 unspecified atom stereocenters. The number of hydrogen-bond acceptors (Lipinski definition) is 4. The van der Waals surface area contributed by atoms with Crippen molar-refractivity contribution in [3.8, 4) is 0 Å². The van der Waals surface area contributed by atoms with Crippen molar-refractivity contribution in [2.45, 2.75) is 18.5 Å². The van der Waals surface area contributed by atoms with Crippen LogP contribution in [0.3, 0.4) is 0 Å². The molecule has 0 saturated carbocycles. The molecule has 0 aliphatic heterocycles. The van der Waals surface area contributed by atoms with E-state index in [9.17, 15) is 0 Å². The zero-order chi connectivity index (χ0) is 12.1. The van der Waals surface area contributed by atoms with E-state index >= 15 is 0 Å². The highest BCUT2D eigenvalue weighted by atomic mass is 32.2. The van der Waals surface area contributed by atoms with Crippen LogP contribution in [0, 0.1) is 6.92 Å². The molecule has 0 radical (unpaired) electrons. The lowest BCUT2D eigenvalue weighted by Gasteiger charge is -2.04. The lowest BCUT2D eigenvalue weighted by molar-refractivity contribution is 0.930. The summed E-state index contributed by atoms with van der Waals surface area (Å²) in [6.45, 7) is 1.97. The molecule has 3 nitrogen and oxygen atoms in total. The third kappa shape index (κ3) is 3.46. The molecule has 1 aromatic carbocycles. The standard InChI is InChI=1S/C13H15N3S/c1-10-6-8-15-13(16-10)17-9-7-11-4-2-3-5-12(11)14/h2-6,8H,7,9,14H2,1H3. The summed E-state index contributed by atoms with van der Waals surface area (Å²) < 4.78 is 0. The Morgan fingerprint density at radius 2 is 2.06 bits per heavy atom. The SMILES string of the molecule is Cc1ccnc(SCCc2ccccc2N)n1. The molecule has 1 aromatic heterocycles. The Hall–Kier alpha value is -1.55. The van der Waals surface area contributed by atoms with Crippen molar-refractivity contribution < 1.29 is 0 Å². The van der Waals surface area contributed by atoms with Gasteiger partial charge in [0.15, 0.2) is 5.16 Å². The molecule has 0 bridgehead atoms. The van der Waals surface area contributed by atoms with Crippen molar-refractivity contribution in [3.63, 3.8) is 0 Å². The fraction of sp³-hybridized carbons (Fsp3) is 0.231. The molecule has 0 aliphatic carbocycles. The van der Waals surface area contributed by atoms with Crippen LogP contribution in [0.25, 0.3) is 0 Å². The Morgan fingerprint density at radius 3 is 2.82 bits per heavy atom. The minimum absolute atomic E-state index is 0.833. The van der Waals surface area contributed by atoms with E-state index < -0.39 is 0 Å². The fourth-order valence-corrected chi connectivity index (χ4v) is 2.36. The largest absolute Gasteiger partial charge is 0.399 e. The first-order valence-electron chi connectivity index (χ1n) is 5.51. The summed E-state index contributed by atoms with van der Waals surface area (Å²) in [4.78, 5) is 8.56. The van der Waals surface area contributed by atoms with Crippen LogP contribution in [0.2, 0.25) is 0 Å². The molecule has 88 valence electrons. The minimum Gasteiger partial charge on any atom is -0.399 e. The lowest BCUT2D eigenvalue weighted by Crippen LogP contribution is -1.96. The van der Waals surface area contributed by atoms with Crippen LogP contribution in [0.4, 0.5) is 5.69 Å². The monoisotopic (exact) mass is 245 g/mol. The van der Waals surface area contributed by atoms with Gasteiger partial charge in [-0.25, -0.2) is 9.97 Å². The Balaban J connectivity index is 1.90. The lowest BCUT2D eigenvalue weighted by atomic mass is 10.1. The molecule has 2 N–H and O–H groups in total. The number of anilines is 1. The van der Waals surface area contributed by atoms with Crippen molar-refractivity contribution in [1.82, 2.24) is 9.97 Å². The zero-order valence-electron chi connectivity index (χ0n) is 9.76. The van der Waals surface area contributed by atoms with Gasteiger partial charge in [-0.2, -0.15) is 0 Å². The fourth-order valence-electron chi connectivity index (χ4n) is 1.51. The summed E-state index contributed by atoms with van der Waals surface area (Å²) in [5, 5.41) is 0.833. The summed E-state index contributed by atoms with van der Waals surface area (Å²) in [5.41, 5.74) is 8.93. The molecule has 2 rings (SSSR count). The summed E-state index contributed by atoms with van der Waals surface area (Å²) in [7, 11) is 0. The van der Waals surface area contributed by atoms with Crippen molar-refractivity contribution in [3.05, 3.63) is 47.8 Å². The molecule has 0 spiro atoms. The number of rotatable bonds is 4. The van der Waals surface area contributed by atoms with E-state index in [2.05, 4.69) is 16.0 Å². The number of hydrogen-bond donors (Lipinski definition) is 1. The maximum Gasteiger partial charge on any atom is 0.187 e. The second kappa shape index (κ2) is 5.68. The van der Waals surface area contributed by atoms with Crippen molar-refractivity contribution in [2.24, 2.45) is 0 Å². The van der Waals surface area contributed by atoms with Gasteiger partial charge in [0.05, 0.1) is 0 Å². The Morgan fingerprint density at radius 1 is 1.24 bits per heavy atom. The van der Waals surface area contributed by atoms with Crippen molar-refractivity contribution in [2.75, 3.05) is 11.5 Å². The third-order valence-electron chi connectivity index (χ3n) is 2.43. The molecule has 2 aromatic rings. The van der Waals surface area contributed by atoms with Crippen LogP contribution >= 0.6 is 11.8 Å². The van der Waals surface area contributed by atoms with Crippen LogP contribution in [0.1, 0.15) is 11.3 Å². The summed E-state index contributed by atoms with van der Waals surface area (Å²) in [6.07, 6.45) is 2.73. The zero-order valence-corrected chi connectivity index (χ0v) is 10.6. The van der Waals surface area contributed by atoms with E-state index in [1.807, 2.05) is 31.2 Å². The molecule has 0 saturated heterocycles. The van der Waals surface area contributed by atoms with Gasteiger partial charge in [-0.05, 0) is 31.0 Å². The number of aryl methyl sites for hydroxylation is 2. The van der Waals surface area contributed by atoms with Gasteiger partial charge in [0, 0.05) is 23.3 Å². The van der Waals surface area contributed by atoms with Gasteiger partial charge in [0.2, 0.25) is 0 Å². The normalized spacial score (nSPS) is 10.4. The van der Waals surface area contributed by atoms with E-state index in [-0.39, 0.29) is 0 Å². The van der Waals surface area contributed by atoms with Crippen molar-refractivity contribution in [1.29, 1.82) is 0 Å². The minimum atomic E-state index is 0.833. The first kappa shape index (κ1) is 11.9. The highest BCUT2D eigenvalue weighted by Crippen LogP contribution is 2.17. The molecule has 0 amide bonds. The number of nitrogens with zero attached hydrogens (tertiary/aromatic N) is 2. The Kier molecular flexibility index (Phi) is 3.98. The number of thioether (sulfide) groups is 1. The Labute approximate surface area is 105 Å². The van der Waals surface area contributed by atoms with Gasteiger partial charge in [-0.15, -0.1) is 0 Å². The third-order valence-corrected chi connectivity index (χ3v) is 3.29. The predicted molar refractivity (Wildman–Crippen MR) is 72.1 cm³/mol. The average molecular weight is 245 g/mol. The quantitative estimate of drug-likeness (QED) is 0.511. The second-order valence-corrected chi connectivity index (χ2v) is 4.84. The number of nitrogens with two attached hydrogens (primary N) is 1. The first-order valence-corrected chi connectivity index (χ1v) is 6.50. The highest BCUT2D eigenvalue weighted by molar-refractivity contribution is 7.99. The summed E-state index contributed by atoms with van der Waals surface area (Å²) >= 11 is 1.66. The van der Waals surface area contributed by atoms with Crippen LogP contribution < -0.4 is 5.73 Å². The maximum absolute atomic E-state index is 5.88. The van der Waals surface area contributed by atoms with Gasteiger partial charge in [0.25, 0.3) is 0 Å². The number of para-hydroxylation sites is 1. The van der Waals surface area contributed by atoms with Gasteiger partial charge in [0.1, 0.15) is 0 Å². The van der Waals surface area contributed by atoms with Gasteiger partial charge in [-0.1, -0.05) is 30.0 Å². The molecular weight excluding hydrogens is 230 g/mol. The number of nitrogen functional groups attached to an aromatic ring is 1. The molecule has 0 fully saturated rings. The Bertz CT molecular complexity index is 500. The van der Waals surface area contributed by atoms with Crippen molar-refractivity contribution >= 4 is 17.4 Å².